The third-order valence-corrected chi connectivity index (χ3v) is 6.17. The number of rotatable bonds is 9. The van der Waals surface area contributed by atoms with Crippen molar-refractivity contribution >= 4 is 23.2 Å². The fourth-order valence-corrected chi connectivity index (χ4v) is 4.39. The SMILES string of the molecule is Cc1ccsc1CN(Cc1ccccc1)C(=O)CN(CC(C)C)C(=O)c1ccc(F)cc1. The van der Waals surface area contributed by atoms with Gasteiger partial charge in [-0.15, -0.1) is 11.3 Å². The van der Waals surface area contributed by atoms with Crippen LogP contribution in [0.1, 0.15) is 40.2 Å². The zero-order valence-corrected chi connectivity index (χ0v) is 19.6. The van der Waals surface area contributed by atoms with Gasteiger partial charge in [-0.25, -0.2) is 4.39 Å². The predicted octanol–water partition coefficient (Wildman–Crippen LogP) is 5.52. The van der Waals surface area contributed by atoms with Gasteiger partial charge in [0.2, 0.25) is 5.91 Å². The fourth-order valence-electron chi connectivity index (χ4n) is 3.47. The molecule has 0 unspecified atom stereocenters. The molecule has 1 heterocycles. The summed E-state index contributed by atoms with van der Waals surface area (Å²) in [6.45, 7) is 7.44. The van der Waals surface area contributed by atoms with E-state index in [4.69, 9.17) is 0 Å². The third-order valence-electron chi connectivity index (χ3n) is 5.16. The molecule has 0 radical (unpaired) electrons. The standard InChI is InChI=1S/C26H29FN2O2S/c1-19(2)15-29(26(31)22-9-11-23(27)12-10-22)18-25(30)28(16-21-7-5-4-6-8-21)17-24-20(3)13-14-32-24/h4-14,19H,15-18H2,1-3H3. The van der Waals surface area contributed by atoms with Crippen LogP contribution in [0.2, 0.25) is 0 Å². The van der Waals surface area contributed by atoms with Gasteiger partial charge in [-0.1, -0.05) is 44.2 Å². The molecule has 2 aromatic carbocycles. The highest BCUT2D eigenvalue weighted by Gasteiger charge is 2.24. The number of aryl methyl sites for hydroxylation is 1. The Morgan fingerprint density at radius 2 is 1.62 bits per heavy atom. The van der Waals surface area contributed by atoms with E-state index in [2.05, 4.69) is 0 Å². The Bertz CT molecular complexity index is 1030. The second-order valence-corrected chi connectivity index (χ2v) is 9.35. The van der Waals surface area contributed by atoms with Crippen molar-refractivity contribution in [2.45, 2.75) is 33.9 Å². The highest BCUT2D eigenvalue weighted by atomic mass is 32.1. The number of thiophene rings is 1. The van der Waals surface area contributed by atoms with Crippen molar-refractivity contribution in [3.05, 3.63) is 93.4 Å². The van der Waals surface area contributed by atoms with Gasteiger partial charge < -0.3 is 9.80 Å². The molecule has 0 N–H and O–H groups in total. The van der Waals surface area contributed by atoms with E-state index in [1.165, 1.54) is 24.3 Å². The first-order chi connectivity index (χ1) is 15.3. The van der Waals surface area contributed by atoms with Gasteiger partial charge in [-0.05, 0) is 59.7 Å². The van der Waals surface area contributed by atoms with Gasteiger partial charge in [0.15, 0.2) is 0 Å². The average molecular weight is 453 g/mol. The van der Waals surface area contributed by atoms with Gasteiger partial charge in [-0.3, -0.25) is 9.59 Å². The molecule has 0 aliphatic heterocycles. The molecule has 0 spiro atoms. The van der Waals surface area contributed by atoms with Crippen molar-refractivity contribution in [2.24, 2.45) is 5.92 Å². The van der Waals surface area contributed by atoms with Crippen LogP contribution in [0.25, 0.3) is 0 Å². The number of hydrogen-bond donors (Lipinski definition) is 0. The smallest absolute Gasteiger partial charge is 0.254 e. The maximum absolute atomic E-state index is 13.4. The van der Waals surface area contributed by atoms with Crippen LogP contribution in [-0.2, 0) is 17.9 Å². The lowest BCUT2D eigenvalue weighted by Gasteiger charge is -2.29. The molecule has 0 aliphatic carbocycles. The van der Waals surface area contributed by atoms with Gasteiger partial charge in [0.05, 0.1) is 6.54 Å². The van der Waals surface area contributed by atoms with Gasteiger partial charge >= 0.3 is 0 Å². The summed E-state index contributed by atoms with van der Waals surface area (Å²) in [6, 6.07) is 17.4. The molecule has 0 saturated carbocycles. The second kappa shape index (κ2) is 11.0. The summed E-state index contributed by atoms with van der Waals surface area (Å²) in [7, 11) is 0. The Balaban J connectivity index is 1.82. The monoisotopic (exact) mass is 452 g/mol. The van der Waals surface area contributed by atoms with Crippen LogP contribution in [-0.4, -0.2) is 34.7 Å². The molecule has 4 nitrogen and oxygen atoms in total. The topological polar surface area (TPSA) is 40.6 Å². The Morgan fingerprint density at radius 3 is 2.22 bits per heavy atom. The average Bonchev–Trinajstić information content (AvgIpc) is 3.17. The Labute approximate surface area is 193 Å². The van der Waals surface area contributed by atoms with Gasteiger partial charge in [0, 0.05) is 23.5 Å². The molecule has 3 aromatic rings. The van der Waals surface area contributed by atoms with E-state index in [-0.39, 0.29) is 24.3 Å². The normalized spacial score (nSPS) is 10.9. The summed E-state index contributed by atoms with van der Waals surface area (Å²) in [4.78, 5) is 31.1. The van der Waals surface area contributed by atoms with E-state index in [0.717, 1.165) is 16.0 Å². The Hall–Kier alpha value is -2.99. The lowest BCUT2D eigenvalue weighted by molar-refractivity contribution is -0.133. The minimum atomic E-state index is -0.395. The fraction of sp³-hybridized carbons (Fsp3) is 0.308. The molecule has 0 bridgehead atoms. The first kappa shape index (κ1) is 23.7. The van der Waals surface area contributed by atoms with E-state index in [0.29, 0.717) is 25.2 Å². The highest BCUT2D eigenvalue weighted by Crippen LogP contribution is 2.20. The minimum Gasteiger partial charge on any atom is -0.332 e. The van der Waals surface area contributed by atoms with E-state index in [1.54, 1.807) is 21.1 Å². The summed E-state index contributed by atoms with van der Waals surface area (Å²) in [5, 5.41) is 2.03. The predicted molar refractivity (Wildman–Crippen MR) is 127 cm³/mol. The molecule has 0 aliphatic rings. The molecule has 0 saturated heterocycles. The zero-order chi connectivity index (χ0) is 23.1. The molecule has 32 heavy (non-hydrogen) atoms. The maximum Gasteiger partial charge on any atom is 0.254 e. The van der Waals surface area contributed by atoms with Crippen LogP contribution in [0.15, 0.2) is 66.0 Å². The third kappa shape index (κ3) is 6.50. The molecular formula is C26H29FN2O2S. The van der Waals surface area contributed by atoms with E-state index < -0.39 is 5.82 Å². The minimum absolute atomic E-state index is 0.0222. The maximum atomic E-state index is 13.4. The van der Waals surface area contributed by atoms with E-state index >= 15 is 0 Å². The van der Waals surface area contributed by atoms with Crippen molar-refractivity contribution in [1.82, 2.24) is 9.80 Å². The quantitative estimate of drug-likeness (QED) is 0.429. The molecule has 0 atom stereocenters. The number of carbonyl (C=O) groups is 2. The molecule has 168 valence electrons. The second-order valence-electron chi connectivity index (χ2n) is 8.35. The summed E-state index contributed by atoms with van der Waals surface area (Å²) >= 11 is 1.63. The van der Waals surface area contributed by atoms with Crippen molar-refractivity contribution < 1.29 is 14.0 Å². The van der Waals surface area contributed by atoms with Crippen LogP contribution < -0.4 is 0 Å². The molecular weight excluding hydrogens is 423 g/mol. The van der Waals surface area contributed by atoms with Crippen LogP contribution >= 0.6 is 11.3 Å². The van der Waals surface area contributed by atoms with Gasteiger partial charge in [0.25, 0.3) is 5.91 Å². The molecule has 3 rings (SSSR count). The Kier molecular flexibility index (Phi) is 8.17. The van der Waals surface area contributed by atoms with Crippen LogP contribution in [0.3, 0.4) is 0 Å². The number of carbonyl (C=O) groups excluding carboxylic acids is 2. The first-order valence-corrected chi connectivity index (χ1v) is 11.6. The van der Waals surface area contributed by atoms with Crippen molar-refractivity contribution in [3.63, 3.8) is 0 Å². The van der Waals surface area contributed by atoms with E-state index in [9.17, 15) is 14.0 Å². The van der Waals surface area contributed by atoms with Crippen molar-refractivity contribution in [1.29, 1.82) is 0 Å². The van der Waals surface area contributed by atoms with Gasteiger partial charge in [-0.2, -0.15) is 0 Å². The summed E-state index contributed by atoms with van der Waals surface area (Å²) < 4.78 is 13.3. The summed E-state index contributed by atoms with van der Waals surface area (Å²) in [6.07, 6.45) is 0. The lowest BCUT2D eigenvalue weighted by Crippen LogP contribution is -2.43. The van der Waals surface area contributed by atoms with Crippen molar-refractivity contribution in [2.75, 3.05) is 13.1 Å². The number of halogens is 1. The lowest BCUT2D eigenvalue weighted by atomic mass is 10.1. The van der Waals surface area contributed by atoms with Crippen LogP contribution in [0.5, 0.6) is 0 Å². The number of benzene rings is 2. The first-order valence-electron chi connectivity index (χ1n) is 10.7. The molecule has 1 aromatic heterocycles. The summed E-state index contributed by atoms with van der Waals surface area (Å²) in [5.41, 5.74) is 2.57. The molecule has 2 amide bonds. The van der Waals surface area contributed by atoms with Gasteiger partial charge in [0.1, 0.15) is 12.4 Å². The Morgan fingerprint density at radius 1 is 0.938 bits per heavy atom. The van der Waals surface area contributed by atoms with E-state index in [1.807, 2.05) is 62.5 Å². The molecule has 6 heteroatoms. The number of nitrogens with zero attached hydrogens (tertiary/aromatic N) is 2. The summed E-state index contributed by atoms with van der Waals surface area (Å²) in [5.74, 6) is -0.584. The molecule has 0 fully saturated rings. The van der Waals surface area contributed by atoms with Crippen LogP contribution in [0, 0.1) is 18.7 Å². The van der Waals surface area contributed by atoms with Crippen molar-refractivity contribution in [3.8, 4) is 0 Å². The zero-order valence-electron chi connectivity index (χ0n) is 18.8. The highest BCUT2D eigenvalue weighted by molar-refractivity contribution is 7.10. The largest absolute Gasteiger partial charge is 0.332 e. The number of amides is 2. The number of hydrogen-bond acceptors (Lipinski definition) is 3. The van der Waals surface area contributed by atoms with Crippen LogP contribution in [0.4, 0.5) is 4.39 Å².